The molecule has 1 amide bonds. The topological polar surface area (TPSA) is 69.6 Å². The number of amides is 1. The monoisotopic (exact) mass is 491 g/mol. The molecule has 0 saturated carbocycles. The minimum atomic E-state index is -4.43. The van der Waals surface area contributed by atoms with Crippen LogP contribution in [0.2, 0.25) is 0 Å². The maximum atomic E-state index is 12.5. The highest BCUT2D eigenvalue weighted by Crippen LogP contribution is 2.30. The maximum Gasteiger partial charge on any atom is 0.434 e. The number of carbonyl (C=O) groups excluding carboxylic acids is 1. The lowest BCUT2D eigenvalue weighted by atomic mass is 10.1. The predicted molar refractivity (Wildman–Crippen MR) is 101 cm³/mol. The average Bonchev–Trinajstić information content (AvgIpc) is 2.98. The molecule has 1 fully saturated rings. The summed E-state index contributed by atoms with van der Waals surface area (Å²) in [5.74, 6) is 0.617. The highest BCUT2D eigenvalue weighted by Gasteiger charge is 2.33. The van der Waals surface area contributed by atoms with Gasteiger partial charge in [-0.1, -0.05) is 0 Å². The van der Waals surface area contributed by atoms with Gasteiger partial charge in [-0.15, -0.1) is 35.3 Å². The minimum absolute atomic E-state index is 0. The minimum Gasteiger partial charge on any atom is -0.357 e. The molecule has 1 unspecified atom stereocenters. The van der Waals surface area contributed by atoms with Gasteiger partial charge in [-0.05, 0) is 13.3 Å². The first-order valence-electron chi connectivity index (χ1n) is 7.60. The molecule has 6 nitrogen and oxygen atoms in total. The van der Waals surface area contributed by atoms with Crippen LogP contribution in [0.1, 0.15) is 30.5 Å². The largest absolute Gasteiger partial charge is 0.434 e. The molecule has 1 saturated heterocycles. The predicted octanol–water partition coefficient (Wildman–Crippen LogP) is 2.46. The number of nitrogens with one attached hydrogen (secondary N) is 2. The number of thiazole rings is 1. The molecule has 0 radical (unpaired) electrons. The van der Waals surface area contributed by atoms with Crippen molar-refractivity contribution in [1.82, 2.24) is 20.5 Å². The number of alkyl halides is 3. The molecule has 25 heavy (non-hydrogen) atoms. The number of aromatic nitrogens is 1. The second-order valence-electron chi connectivity index (χ2n) is 5.47. The quantitative estimate of drug-likeness (QED) is 0.386. The van der Waals surface area contributed by atoms with Crippen LogP contribution in [0.15, 0.2) is 10.4 Å². The van der Waals surface area contributed by atoms with Crippen LogP contribution in [0.4, 0.5) is 13.2 Å². The van der Waals surface area contributed by atoms with Crippen molar-refractivity contribution in [2.45, 2.75) is 38.5 Å². The Hall–Kier alpha value is -1.11. The van der Waals surface area contributed by atoms with E-state index in [1.54, 1.807) is 11.9 Å². The van der Waals surface area contributed by atoms with Gasteiger partial charge in [-0.2, -0.15) is 13.2 Å². The van der Waals surface area contributed by atoms with Gasteiger partial charge in [-0.3, -0.25) is 4.79 Å². The van der Waals surface area contributed by atoms with E-state index >= 15 is 0 Å². The van der Waals surface area contributed by atoms with Gasteiger partial charge in [0, 0.05) is 38.0 Å². The maximum absolute atomic E-state index is 12.5. The van der Waals surface area contributed by atoms with E-state index < -0.39 is 11.9 Å². The van der Waals surface area contributed by atoms with E-state index in [0.29, 0.717) is 36.9 Å². The molecule has 0 spiro atoms. The lowest BCUT2D eigenvalue weighted by Gasteiger charge is -2.31. The molecule has 1 aliphatic heterocycles. The van der Waals surface area contributed by atoms with E-state index in [2.05, 4.69) is 20.6 Å². The molecule has 0 aromatic carbocycles. The van der Waals surface area contributed by atoms with Crippen molar-refractivity contribution in [3.63, 3.8) is 0 Å². The summed E-state index contributed by atoms with van der Waals surface area (Å²) in [6.07, 6.45) is -3.27. The van der Waals surface area contributed by atoms with Crippen molar-refractivity contribution in [3.05, 3.63) is 16.1 Å². The summed E-state index contributed by atoms with van der Waals surface area (Å²) >= 11 is 0.937. The number of piperidine rings is 1. The molecule has 1 aliphatic rings. The van der Waals surface area contributed by atoms with Crippen molar-refractivity contribution in [2.24, 2.45) is 4.99 Å². The van der Waals surface area contributed by atoms with Crippen molar-refractivity contribution < 1.29 is 18.0 Å². The Kier molecular flexibility index (Phi) is 8.38. The number of hydrogen-bond donors (Lipinski definition) is 2. The SMILES string of the molecule is CCNC(=NCc1nc(C(F)(F)F)cs1)NC1CCC(=O)N(C)C1.I. The first-order valence-corrected chi connectivity index (χ1v) is 8.48. The zero-order valence-electron chi connectivity index (χ0n) is 13.9. The van der Waals surface area contributed by atoms with Crippen LogP contribution < -0.4 is 10.6 Å². The lowest BCUT2D eigenvalue weighted by Crippen LogP contribution is -2.51. The molecule has 142 valence electrons. The molecular formula is C14H21F3IN5OS. The molecule has 1 aromatic rings. The number of carbonyl (C=O) groups is 1. The summed E-state index contributed by atoms with van der Waals surface area (Å²) in [5, 5.41) is 7.56. The summed E-state index contributed by atoms with van der Waals surface area (Å²) < 4.78 is 37.6. The van der Waals surface area contributed by atoms with Crippen LogP contribution in [0.3, 0.4) is 0 Å². The van der Waals surface area contributed by atoms with Crippen LogP contribution in [-0.4, -0.2) is 47.9 Å². The van der Waals surface area contributed by atoms with Crippen molar-refractivity contribution in [3.8, 4) is 0 Å². The summed E-state index contributed by atoms with van der Waals surface area (Å²) in [6, 6.07) is 0.0625. The van der Waals surface area contributed by atoms with Gasteiger partial charge in [-0.25, -0.2) is 9.98 Å². The van der Waals surface area contributed by atoms with Crippen molar-refractivity contribution in [2.75, 3.05) is 20.1 Å². The summed E-state index contributed by atoms with van der Waals surface area (Å²) in [6.45, 7) is 3.16. The summed E-state index contributed by atoms with van der Waals surface area (Å²) in [4.78, 5) is 21.0. The third-order valence-corrected chi connectivity index (χ3v) is 4.36. The van der Waals surface area contributed by atoms with E-state index in [1.165, 1.54) is 0 Å². The van der Waals surface area contributed by atoms with Crippen molar-refractivity contribution in [1.29, 1.82) is 0 Å². The van der Waals surface area contributed by atoms with Gasteiger partial charge < -0.3 is 15.5 Å². The number of halogens is 4. The van der Waals surface area contributed by atoms with E-state index in [9.17, 15) is 18.0 Å². The Morgan fingerprint density at radius 2 is 2.24 bits per heavy atom. The van der Waals surface area contributed by atoms with Gasteiger partial charge in [0.2, 0.25) is 5.91 Å². The van der Waals surface area contributed by atoms with Gasteiger partial charge in [0.15, 0.2) is 11.7 Å². The molecule has 2 heterocycles. The number of guanidine groups is 1. The Morgan fingerprint density at radius 3 is 2.80 bits per heavy atom. The molecule has 11 heteroatoms. The summed E-state index contributed by atoms with van der Waals surface area (Å²) in [5.41, 5.74) is -0.886. The second-order valence-corrected chi connectivity index (χ2v) is 6.42. The van der Waals surface area contributed by atoms with E-state index in [0.717, 1.165) is 16.7 Å². The first-order chi connectivity index (χ1) is 11.3. The van der Waals surface area contributed by atoms with Crippen LogP contribution in [0.5, 0.6) is 0 Å². The Bertz CT molecular complexity index is 608. The Balaban J connectivity index is 0.00000312. The number of nitrogens with zero attached hydrogens (tertiary/aromatic N) is 3. The van der Waals surface area contributed by atoms with Gasteiger partial charge in [0.1, 0.15) is 5.01 Å². The third-order valence-electron chi connectivity index (χ3n) is 3.53. The average molecular weight is 491 g/mol. The zero-order chi connectivity index (χ0) is 17.7. The van der Waals surface area contributed by atoms with Gasteiger partial charge in [0.05, 0.1) is 6.54 Å². The Labute approximate surface area is 165 Å². The molecule has 2 rings (SSSR count). The van der Waals surface area contributed by atoms with Crippen LogP contribution in [-0.2, 0) is 17.5 Å². The number of likely N-dealkylation sites (tertiary alicyclic amines) is 1. The van der Waals surface area contributed by atoms with E-state index in [1.807, 2.05) is 6.92 Å². The molecular weight excluding hydrogens is 470 g/mol. The second kappa shape index (κ2) is 9.55. The van der Waals surface area contributed by atoms with Crippen LogP contribution >= 0.6 is 35.3 Å². The molecule has 1 aromatic heterocycles. The fourth-order valence-electron chi connectivity index (χ4n) is 2.30. The summed E-state index contributed by atoms with van der Waals surface area (Å²) in [7, 11) is 1.74. The molecule has 1 atom stereocenters. The fourth-order valence-corrected chi connectivity index (χ4v) is 3.03. The smallest absolute Gasteiger partial charge is 0.357 e. The van der Waals surface area contributed by atoms with Gasteiger partial charge >= 0.3 is 6.18 Å². The van der Waals surface area contributed by atoms with E-state index in [-0.39, 0.29) is 42.5 Å². The van der Waals surface area contributed by atoms with Crippen molar-refractivity contribution >= 4 is 47.2 Å². The highest BCUT2D eigenvalue weighted by atomic mass is 127. The van der Waals surface area contributed by atoms with Crippen LogP contribution in [0, 0.1) is 0 Å². The lowest BCUT2D eigenvalue weighted by molar-refractivity contribution is -0.140. The zero-order valence-corrected chi connectivity index (χ0v) is 17.0. The molecule has 0 bridgehead atoms. The van der Waals surface area contributed by atoms with E-state index in [4.69, 9.17) is 0 Å². The fraction of sp³-hybridized carbons (Fsp3) is 0.643. The van der Waals surface area contributed by atoms with Crippen LogP contribution in [0.25, 0.3) is 0 Å². The standard InChI is InChI=1S/C14H20F3N5OS.HI/c1-3-18-13(20-9-4-5-12(23)22(2)7-9)19-6-11-21-10(8-24-11)14(15,16)17;/h8-9H,3-7H2,1-2H3,(H2,18,19,20);1H. The molecule has 2 N–H and O–H groups in total. The normalized spacial score (nSPS) is 18.8. The Morgan fingerprint density at radius 1 is 1.52 bits per heavy atom. The number of hydrogen-bond acceptors (Lipinski definition) is 4. The number of likely N-dealkylation sites (N-methyl/N-ethyl adjacent to an activating group) is 1. The molecule has 0 aliphatic carbocycles. The third kappa shape index (κ3) is 6.60. The highest BCUT2D eigenvalue weighted by molar-refractivity contribution is 14.0. The van der Waals surface area contributed by atoms with Gasteiger partial charge in [0.25, 0.3) is 0 Å². The first kappa shape index (κ1) is 21.9. The number of rotatable bonds is 4. The number of aliphatic imine (C=N–C) groups is 1.